The van der Waals surface area contributed by atoms with Crippen LogP contribution >= 0.6 is 0 Å². The number of amides is 1. The summed E-state index contributed by atoms with van der Waals surface area (Å²) in [6.45, 7) is 1.77. The molecular weight excluding hydrogens is 268 g/mol. The lowest BCUT2D eigenvalue weighted by atomic mass is 10.1. The molecule has 0 bridgehead atoms. The number of nitrogens with one attached hydrogen (secondary N) is 2. The van der Waals surface area contributed by atoms with Crippen LogP contribution in [0.3, 0.4) is 0 Å². The number of imidazole rings is 1. The van der Waals surface area contributed by atoms with Gasteiger partial charge in [0.2, 0.25) is 5.91 Å². The molecule has 3 aromatic rings. The fraction of sp³-hybridized carbons (Fsp3) is 0.143. The van der Waals surface area contributed by atoms with Crippen molar-refractivity contribution in [3.05, 3.63) is 49.4 Å². The second-order valence-corrected chi connectivity index (χ2v) is 4.59. The lowest BCUT2D eigenvalue weighted by molar-refractivity contribution is -0.119. The van der Waals surface area contributed by atoms with Crippen molar-refractivity contribution in [3.8, 4) is 11.3 Å². The number of benzene rings is 1. The van der Waals surface area contributed by atoms with Crippen LogP contribution in [-0.2, 0) is 4.79 Å². The van der Waals surface area contributed by atoms with Crippen LogP contribution in [0.2, 0.25) is 0 Å². The predicted octanol–water partition coefficient (Wildman–Crippen LogP) is 1.87. The first-order chi connectivity index (χ1) is 10.2. The molecule has 0 radical (unpaired) electrons. The summed E-state index contributed by atoms with van der Waals surface area (Å²) in [5.74, 6) is -0.151. The van der Waals surface area contributed by atoms with E-state index >= 15 is 0 Å². The molecular formula is C14H14N6O. The highest BCUT2D eigenvalue weighted by Gasteiger charge is 2.15. The summed E-state index contributed by atoms with van der Waals surface area (Å²) in [5.41, 5.74) is 2.58. The summed E-state index contributed by atoms with van der Waals surface area (Å²) in [5, 5.41) is 6.84. The second-order valence-electron chi connectivity index (χ2n) is 4.59. The molecule has 1 amide bonds. The number of H-pyrrole nitrogens is 1. The van der Waals surface area contributed by atoms with Crippen LogP contribution in [0.1, 0.15) is 13.0 Å². The van der Waals surface area contributed by atoms with Gasteiger partial charge in [0.25, 0.3) is 0 Å². The average molecular weight is 282 g/mol. The van der Waals surface area contributed by atoms with E-state index in [-0.39, 0.29) is 5.91 Å². The molecule has 106 valence electrons. The smallest absolute Gasteiger partial charge is 0.249 e. The van der Waals surface area contributed by atoms with E-state index < -0.39 is 6.04 Å². The van der Waals surface area contributed by atoms with E-state index in [0.29, 0.717) is 0 Å². The number of nitrogens with zero attached hydrogens (tertiary/aromatic N) is 4. The molecule has 2 heterocycles. The summed E-state index contributed by atoms with van der Waals surface area (Å²) in [6.07, 6.45) is 6.28. The van der Waals surface area contributed by atoms with Crippen LogP contribution < -0.4 is 5.32 Å². The molecule has 2 aromatic heterocycles. The molecule has 7 heteroatoms. The standard InChI is InChI=1S/C14H14N6O/c1-10(20-9-16-8-18-20)14(21)19-12-4-2-3-11(5-12)13-6-15-7-17-13/h2-10H,1H3,(H,15,17)(H,19,21). The van der Waals surface area contributed by atoms with Crippen molar-refractivity contribution in [2.24, 2.45) is 0 Å². The SMILES string of the molecule is CC(C(=O)Nc1cccc(-c2cnc[nH]2)c1)n1cncn1. The summed E-state index contributed by atoms with van der Waals surface area (Å²) in [4.78, 5) is 23.1. The first-order valence-electron chi connectivity index (χ1n) is 6.48. The maximum atomic E-state index is 12.2. The Morgan fingerprint density at radius 2 is 2.29 bits per heavy atom. The highest BCUT2D eigenvalue weighted by atomic mass is 16.2. The Balaban J connectivity index is 1.76. The molecule has 0 aliphatic carbocycles. The molecule has 1 atom stereocenters. The fourth-order valence-electron chi connectivity index (χ4n) is 1.96. The largest absolute Gasteiger partial charge is 0.345 e. The van der Waals surface area contributed by atoms with E-state index in [1.807, 2.05) is 24.3 Å². The number of carbonyl (C=O) groups is 1. The van der Waals surface area contributed by atoms with Gasteiger partial charge in [0.1, 0.15) is 18.7 Å². The molecule has 21 heavy (non-hydrogen) atoms. The predicted molar refractivity (Wildman–Crippen MR) is 77.4 cm³/mol. The topological polar surface area (TPSA) is 88.5 Å². The Kier molecular flexibility index (Phi) is 3.46. The monoisotopic (exact) mass is 282 g/mol. The average Bonchev–Trinajstić information content (AvgIpc) is 3.20. The molecule has 2 N–H and O–H groups in total. The van der Waals surface area contributed by atoms with Gasteiger partial charge in [-0.3, -0.25) is 4.79 Å². The Labute approximate surface area is 121 Å². The highest BCUT2D eigenvalue weighted by molar-refractivity contribution is 5.93. The van der Waals surface area contributed by atoms with Crippen LogP contribution in [0, 0.1) is 0 Å². The lowest BCUT2D eigenvalue weighted by Crippen LogP contribution is -2.24. The Bertz CT molecular complexity index is 720. The zero-order valence-corrected chi connectivity index (χ0v) is 11.4. The first-order valence-corrected chi connectivity index (χ1v) is 6.48. The van der Waals surface area contributed by atoms with Crippen molar-refractivity contribution < 1.29 is 4.79 Å². The molecule has 1 unspecified atom stereocenters. The maximum absolute atomic E-state index is 12.2. The third-order valence-electron chi connectivity index (χ3n) is 3.15. The third-order valence-corrected chi connectivity index (χ3v) is 3.15. The van der Waals surface area contributed by atoms with Crippen molar-refractivity contribution in [1.29, 1.82) is 0 Å². The highest BCUT2D eigenvalue weighted by Crippen LogP contribution is 2.20. The quantitative estimate of drug-likeness (QED) is 0.764. The molecule has 3 rings (SSSR count). The molecule has 0 saturated heterocycles. The third kappa shape index (κ3) is 2.81. The van der Waals surface area contributed by atoms with E-state index in [2.05, 4.69) is 25.4 Å². The van der Waals surface area contributed by atoms with Crippen molar-refractivity contribution in [3.63, 3.8) is 0 Å². The van der Waals surface area contributed by atoms with Gasteiger partial charge in [-0.05, 0) is 19.1 Å². The minimum atomic E-state index is -0.427. The van der Waals surface area contributed by atoms with Crippen LogP contribution in [0.15, 0.2) is 49.4 Å². The molecule has 7 nitrogen and oxygen atoms in total. The number of carbonyl (C=O) groups excluding carboxylic acids is 1. The molecule has 0 fully saturated rings. The van der Waals surface area contributed by atoms with Crippen LogP contribution in [0.5, 0.6) is 0 Å². The van der Waals surface area contributed by atoms with Gasteiger partial charge < -0.3 is 10.3 Å². The summed E-state index contributed by atoms with van der Waals surface area (Å²) < 4.78 is 1.51. The Morgan fingerprint density at radius 3 is 3.00 bits per heavy atom. The number of rotatable bonds is 4. The van der Waals surface area contributed by atoms with Crippen LogP contribution in [0.4, 0.5) is 5.69 Å². The van der Waals surface area contributed by atoms with Gasteiger partial charge in [-0.1, -0.05) is 12.1 Å². The summed E-state index contributed by atoms with van der Waals surface area (Å²) in [6, 6.07) is 7.13. The van der Waals surface area contributed by atoms with Crippen molar-refractivity contribution in [1.82, 2.24) is 24.7 Å². The normalized spacial score (nSPS) is 12.0. The lowest BCUT2D eigenvalue weighted by Gasteiger charge is -2.12. The number of aromatic nitrogens is 5. The number of aromatic amines is 1. The van der Waals surface area contributed by atoms with Gasteiger partial charge in [0.05, 0.1) is 18.2 Å². The van der Waals surface area contributed by atoms with Crippen LogP contribution in [-0.4, -0.2) is 30.6 Å². The number of hydrogen-bond donors (Lipinski definition) is 2. The minimum absolute atomic E-state index is 0.151. The Hall–Kier alpha value is -2.96. The molecule has 0 aliphatic heterocycles. The zero-order valence-electron chi connectivity index (χ0n) is 11.4. The fourth-order valence-corrected chi connectivity index (χ4v) is 1.96. The van der Waals surface area contributed by atoms with E-state index in [0.717, 1.165) is 16.9 Å². The summed E-state index contributed by atoms with van der Waals surface area (Å²) >= 11 is 0. The van der Waals surface area contributed by atoms with E-state index in [4.69, 9.17) is 0 Å². The number of hydrogen-bond acceptors (Lipinski definition) is 4. The molecule has 1 aromatic carbocycles. The van der Waals surface area contributed by atoms with Crippen molar-refractivity contribution >= 4 is 11.6 Å². The Morgan fingerprint density at radius 1 is 1.38 bits per heavy atom. The van der Waals surface area contributed by atoms with E-state index in [9.17, 15) is 4.79 Å². The first kappa shape index (κ1) is 13.0. The van der Waals surface area contributed by atoms with Gasteiger partial charge in [0, 0.05) is 11.3 Å². The number of anilines is 1. The van der Waals surface area contributed by atoms with Gasteiger partial charge in [0.15, 0.2) is 0 Å². The van der Waals surface area contributed by atoms with Crippen molar-refractivity contribution in [2.75, 3.05) is 5.32 Å². The molecule has 0 saturated carbocycles. The van der Waals surface area contributed by atoms with Crippen molar-refractivity contribution in [2.45, 2.75) is 13.0 Å². The second kappa shape index (κ2) is 5.58. The molecule has 0 spiro atoms. The van der Waals surface area contributed by atoms with E-state index in [1.165, 1.54) is 17.3 Å². The minimum Gasteiger partial charge on any atom is -0.345 e. The molecule has 0 aliphatic rings. The summed E-state index contributed by atoms with van der Waals surface area (Å²) in [7, 11) is 0. The van der Waals surface area contributed by atoms with E-state index in [1.54, 1.807) is 19.4 Å². The zero-order chi connectivity index (χ0) is 14.7. The van der Waals surface area contributed by atoms with Gasteiger partial charge in [-0.15, -0.1) is 0 Å². The van der Waals surface area contributed by atoms with Gasteiger partial charge in [-0.2, -0.15) is 5.10 Å². The van der Waals surface area contributed by atoms with Gasteiger partial charge >= 0.3 is 0 Å². The van der Waals surface area contributed by atoms with Gasteiger partial charge in [-0.25, -0.2) is 14.6 Å². The van der Waals surface area contributed by atoms with Crippen LogP contribution in [0.25, 0.3) is 11.3 Å². The maximum Gasteiger partial charge on any atom is 0.249 e.